The molecule has 0 saturated carbocycles. The third-order valence-corrected chi connectivity index (χ3v) is 3.01. The molecule has 0 amide bonds. The van der Waals surface area contributed by atoms with Gasteiger partial charge in [-0.25, -0.2) is 0 Å². The molecule has 0 radical (unpaired) electrons. The van der Waals surface area contributed by atoms with Gasteiger partial charge < -0.3 is 10.2 Å². The lowest BCUT2D eigenvalue weighted by Gasteiger charge is -2.11. The topological polar surface area (TPSA) is 39.2 Å². The summed E-state index contributed by atoms with van der Waals surface area (Å²) in [6, 6.07) is 9.81. The molecule has 0 spiro atoms. The van der Waals surface area contributed by atoms with Crippen LogP contribution in [0.25, 0.3) is 0 Å². The molecule has 0 fully saturated rings. The van der Waals surface area contributed by atoms with E-state index in [-0.39, 0.29) is 6.04 Å². The van der Waals surface area contributed by atoms with Crippen LogP contribution in [0.1, 0.15) is 29.7 Å². The van der Waals surface area contributed by atoms with Gasteiger partial charge in [-0.3, -0.25) is 0 Å². The van der Waals surface area contributed by atoms with Crippen molar-refractivity contribution in [1.82, 2.24) is 0 Å². The van der Waals surface area contributed by atoms with E-state index >= 15 is 0 Å². The second-order valence-electron chi connectivity index (χ2n) is 3.73. The number of rotatable bonds is 3. The van der Waals surface area contributed by atoms with Crippen LogP contribution < -0.4 is 5.73 Å². The molecular formula is C13H14ClNO. The Kier molecular flexibility index (Phi) is 3.32. The summed E-state index contributed by atoms with van der Waals surface area (Å²) in [6.45, 7) is 2.12. The fraction of sp³-hybridized carbons (Fsp3) is 0.231. The first-order valence-corrected chi connectivity index (χ1v) is 5.67. The summed E-state index contributed by atoms with van der Waals surface area (Å²) >= 11 is 5.91. The summed E-state index contributed by atoms with van der Waals surface area (Å²) in [6.07, 6.45) is 2.56. The molecular weight excluding hydrogens is 222 g/mol. The number of hydrogen-bond donors (Lipinski definition) is 1. The van der Waals surface area contributed by atoms with Gasteiger partial charge in [0.25, 0.3) is 0 Å². The van der Waals surface area contributed by atoms with Gasteiger partial charge in [0, 0.05) is 5.56 Å². The number of halogens is 1. The maximum Gasteiger partial charge on any atom is 0.198 e. The Bertz CT molecular complexity index is 478. The average molecular weight is 236 g/mol. The molecule has 1 heterocycles. The van der Waals surface area contributed by atoms with Gasteiger partial charge in [0.2, 0.25) is 0 Å². The van der Waals surface area contributed by atoms with E-state index < -0.39 is 0 Å². The van der Waals surface area contributed by atoms with Crippen LogP contribution in [0.3, 0.4) is 0 Å². The van der Waals surface area contributed by atoms with Crippen LogP contribution in [0, 0.1) is 0 Å². The summed E-state index contributed by atoms with van der Waals surface area (Å²) in [5, 5.41) is 0.370. The molecule has 1 unspecified atom stereocenters. The lowest BCUT2D eigenvalue weighted by molar-refractivity contribution is 0.564. The van der Waals surface area contributed by atoms with Crippen molar-refractivity contribution in [2.24, 2.45) is 5.73 Å². The van der Waals surface area contributed by atoms with Crippen molar-refractivity contribution in [2.45, 2.75) is 19.4 Å². The van der Waals surface area contributed by atoms with Crippen molar-refractivity contribution >= 4 is 11.6 Å². The number of aryl methyl sites for hydroxylation is 1. The van der Waals surface area contributed by atoms with Gasteiger partial charge in [-0.15, -0.1) is 0 Å². The molecule has 0 aliphatic heterocycles. The molecule has 1 aromatic heterocycles. The van der Waals surface area contributed by atoms with E-state index in [0.717, 1.165) is 17.5 Å². The fourth-order valence-electron chi connectivity index (χ4n) is 1.71. The monoisotopic (exact) mass is 235 g/mol. The van der Waals surface area contributed by atoms with Crippen LogP contribution in [-0.2, 0) is 6.42 Å². The molecule has 84 valence electrons. The van der Waals surface area contributed by atoms with Crippen molar-refractivity contribution in [3.63, 3.8) is 0 Å². The zero-order chi connectivity index (χ0) is 11.5. The first-order chi connectivity index (χ1) is 7.72. The lowest BCUT2D eigenvalue weighted by Crippen LogP contribution is -2.11. The average Bonchev–Trinajstić information content (AvgIpc) is 2.74. The highest BCUT2D eigenvalue weighted by Gasteiger charge is 2.14. The van der Waals surface area contributed by atoms with E-state index in [9.17, 15) is 0 Å². The predicted molar refractivity (Wildman–Crippen MR) is 65.6 cm³/mol. The molecule has 0 bridgehead atoms. The van der Waals surface area contributed by atoms with E-state index in [2.05, 4.69) is 19.1 Å². The molecule has 2 aromatic rings. The number of nitrogens with two attached hydrogens (primary N) is 1. The minimum Gasteiger partial charge on any atom is -0.453 e. The van der Waals surface area contributed by atoms with Crippen molar-refractivity contribution in [1.29, 1.82) is 0 Å². The molecule has 2 rings (SSSR count). The Labute approximate surface area is 100 Å². The SMILES string of the molecule is CCc1cccc(C(N)c2ccoc2Cl)c1. The number of furan rings is 1. The number of benzene rings is 1. The van der Waals surface area contributed by atoms with Crippen molar-refractivity contribution < 1.29 is 4.42 Å². The van der Waals surface area contributed by atoms with E-state index in [1.54, 1.807) is 6.26 Å². The minimum atomic E-state index is -0.224. The smallest absolute Gasteiger partial charge is 0.198 e. The second kappa shape index (κ2) is 4.73. The predicted octanol–water partition coefficient (Wildman–Crippen LogP) is 3.54. The second-order valence-corrected chi connectivity index (χ2v) is 4.07. The molecule has 0 aliphatic rings. The van der Waals surface area contributed by atoms with Gasteiger partial charge in [-0.05, 0) is 35.2 Å². The highest BCUT2D eigenvalue weighted by molar-refractivity contribution is 6.29. The summed E-state index contributed by atoms with van der Waals surface area (Å²) in [5.41, 5.74) is 9.30. The first kappa shape index (κ1) is 11.2. The van der Waals surface area contributed by atoms with Crippen LogP contribution in [0.2, 0.25) is 5.22 Å². The van der Waals surface area contributed by atoms with Crippen LogP contribution in [0.15, 0.2) is 41.0 Å². The van der Waals surface area contributed by atoms with Crippen molar-refractivity contribution in [3.05, 3.63) is 58.5 Å². The van der Waals surface area contributed by atoms with Crippen molar-refractivity contribution in [2.75, 3.05) is 0 Å². The van der Waals surface area contributed by atoms with Gasteiger partial charge in [0.15, 0.2) is 5.22 Å². The molecule has 1 atom stereocenters. The summed E-state index contributed by atoms with van der Waals surface area (Å²) in [4.78, 5) is 0. The molecule has 2 N–H and O–H groups in total. The zero-order valence-electron chi connectivity index (χ0n) is 9.11. The largest absolute Gasteiger partial charge is 0.453 e. The normalized spacial score (nSPS) is 12.7. The quantitative estimate of drug-likeness (QED) is 0.884. The lowest BCUT2D eigenvalue weighted by atomic mass is 9.99. The van der Waals surface area contributed by atoms with Gasteiger partial charge >= 0.3 is 0 Å². The highest BCUT2D eigenvalue weighted by Crippen LogP contribution is 2.27. The Hall–Kier alpha value is -1.25. The van der Waals surface area contributed by atoms with E-state index in [1.807, 2.05) is 18.2 Å². The molecule has 16 heavy (non-hydrogen) atoms. The molecule has 1 aromatic carbocycles. The Morgan fingerprint density at radius 1 is 1.38 bits per heavy atom. The first-order valence-electron chi connectivity index (χ1n) is 5.29. The van der Waals surface area contributed by atoms with E-state index in [1.165, 1.54) is 5.56 Å². The summed E-state index contributed by atoms with van der Waals surface area (Å²) in [5.74, 6) is 0. The third kappa shape index (κ3) is 2.13. The third-order valence-electron chi connectivity index (χ3n) is 2.70. The zero-order valence-corrected chi connectivity index (χ0v) is 9.87. The summed E-state index contributed by atoms with van der Waals surface area (Å²) in [7, 11) is 0. The maximum absolute atomic E-state index is 6.14. The van der Waals surface area contributed by atoms with Gasteiger partial charge in [-0.1, -0.05) is 31.2 Å². The molecule has 2 nitrogen and oxygen atoms in total. The van der Waals surface area contributed by atoms with E-state index in [0.29, 0.717) is 5.22 Å². The van der Waals surface area contributed by atoms with Crippen LogP contribution >= 0.6 is 11.6 Å². The van der Waals surface area contributed by atoms with Crippen LogP contribution in [0.4, 0.5) is 0 Å². The van der Waals surface area contributed by atoms with Crippen LogP contribution in [0.5, 0.6) is 0 Å². The fourth-order valence-corrected chi connectivity index (χ4v) is 1.94. The Morgan fingerprint density at radius 2 is 2.19 bits per heavy atom. The highest BCUT2D eigenvalue weighted by atomic mass is 35.5. The van der Waals surface area contributed by atoms with Crippen molar-refractivity contribution in [3.8, 4) is 0 Å². The Morgan fingerprint density at radius 3 is 2.81 bits per heavy atom. The Balaban J connectivity index is 2.33. The molecule has 3 heteroatoms. The van der Waals surface area contributed by atoms with Gasteiger partial charge in [0.05, 0.1) is 12.3 Å². The standard InChI is InChI=1S/C13H14ClNO/c1-2-9-4-3-5-10(8-9)12(15)11-6-7-16-13(11)14/h3-8,12H,2,15H2,1H3. The van der Waals surface area contributed by atoms with Gasteiger partial charge in [-0.2, -0.15) is 0 Å². The maximum atomic E-state index is 6.14. The molecule has 0 saturated heterocycles. The van der Waals surface area contributed by atoms with E-state index in [4.69, 9.17) is 21.8 Å². The molecule has 0 aliphatic carbocycles. The number of hydrogen-bond acceptors (Lipinski definition) is 2. The van der Waals surface area contributed by atoms with Crippen LogP contribution in [-0.4, -0.2) is 0 Å². The van der Waals surface area contributed by atoms with Gasteiger partial charge in [0.1, 0.15) is 0 Å². The summed E-state index contributed by atoms with van der Waals surface area (Å²) < 4.78 is 5.05. The minimum absolute atomic E-state index is 0.224.